The molecule has 0 spiro atoms. The van der Waals surface area contributed by atoms with E-state index >= 15 is 0 Å². The number of esters is 1. The van der Waals surface area contributed by atoms with Crippen LogP contribution in [0.15, 0.2) is 51.7 Å². The van der Waals surface area contributed by atoms with E-state index in [1.54, 1.807) is 34.9 Å². The molecule has 1 aromatic heterocycles. The number of amides is 1. The third kappa shape index (κ3) is 4.28. The fraction of sp³-hybridized carbons (Fsp3) is 0.273. The Morgan fingerprint density at radius 3 is 2.80 bits per heavy atom. The number of anilines is 1. The monoisotopic (exact) mass is 469 g/mol. The number of hydrogen-bond donors (Lipinski definition) is 1. The number of para-hydroxylation sites is 1. The van der Waals surface area contributed by atoms with Gasteiger partial charge >= 0.3 is 5.97 Å². The second kappa shape index (κ2) is 8.79. The third-order valence-electron chi connectivity index (χ3n) is 5.03. The minimum absolute atomic E-state index is 0.0790. The van der Waals surface area contributed by atoms with Crippen molar-refractivity contribution in [1.82, 2.24) is 9.55 Å². The van der Waals surface area contributed by atoms with Crippen LogP contribution >= 0.6 is 15.9 Å². The van der Waals surface area contributed by atoms with Gasteiger partial charge in [0.05, 0.1) is 22.2 Å². The lowest BCUT2D eigenvalue weighted by atomic mass is 10.1. The van der Waals surface area contributed by atoms with Crippen LogP contribution in [0, 0.1) is 0 Å². The second-order valence-electron chi connectivity index (χ2n) is 7.13. The first kappa shape index (κ1) is 20.3. The minimum atomic E-state index is -0.643. The third-order valence-corrected chi connectivity index (χ3v) is 5.73. The number of aromatic nitrogens is 2. The number of hydrogen-bond acceptors (Lipinski definition) is 5. The van der Waals surface area contributed by atoms with E-state index < -0.39 is 18.5 Å². The summed E-state index contributed by atoms with van der Waals surface area (Å²) < 4.78 is 7.60. The predicted octanol–water partition coefficient (Wildman–Crippen LogP) is 3.68. The Kier molecular flexibility index (Phi) is 5.94. The van der Waals surface area contributed by atoms with Crippen molar-refractivity contribution in [2.75, 3.05) is 11.9 Å². The quantitative estimate of drug-likeness (QED) is 0.588. The van der Waals surface area contributed by atoms with Crippen LogP contribution < -0.4 is 10.9 Å². The van der Waals surface area contributed by atoms with Gasteiger partial charge in [-0.25, -0.2) is 9.78 Å². The maximum Gasteiger partial charge on any atom is 0.338 e. The highest BCUT2D eigenvalue weighted by molar-refractivity contribution is 9.10. The van der Waals surface area contributed by atoms with Crippen molar-refractivity contribution in [3.8, 4) is 0 Å². The van der Waals surface area contributed by atoms with Gasteiger partial charge in [-0.2, -0.15) is 0 Å². The summed E-state index contributed by atoms with van der Waals surface area (Å²) >= 11 is 3.34. The number of benzene rings is 2. The van der Waals surface area contributed by atoms with E-state index in [9.17, 15) is 14.4 Å². The van der Waals surface area contributed by atoms with Gasteiger partial charge in [0, 0.05) is 17.4 Å². The average molecular weight is 470 g/mol. The standard InChI is InChI=1S/C22H20BrN3O4/c23-16-6-3-4-7-17(16)25-20(27)13-30-22(29)14-9-10-15-18(12-14)24-19-8-2-1-5-11-26(19)21(15)28/h3-4,6-7,9-10,12H,1-2,5,8,11,13H2,(H,25,27). The summed E-state index contributed by atoms with van der Waals surface area (Å²) in [5.74, 6) is -0.336. The van der Waals surface area contributed by atoms with Gasteiger partial charge < -0.3 is 10.1 Å². The summed E-state index contributed by atoms with van der Waals surface area (Å²) in [6.07, 6.45) is 3.77. The van der Waals surface area contributed by atoms with E-state index in [0.29, 0.717) is 23.1 Å². The zero-order valence-electron chi connectivity index (χ0n) is 16.2. The highest BCUT2D eigenvalue weighted by atomic mass is 79.9. The van der Waals surface area contributed by atoms with Crippen molar-refractivity contribution in [2.24, 2.45) is 0 Å². The lowest BCUT2D eigenvalue weighted by molar-refractivity contribution is -0.119. The molecule has 1 aliphatic rings. The Bertz CT molecular complexity index is 1190. The number of aryl methyl sites for hydroxylation is 1. The first-order valence-corrected chi connectivity index (χ1v) is 10.6. The van der Waals surface area contributed by atoms with Gasteiger partial charge in [-0.1, -0.05) is 18.6 Å². The normalized spacial score (nSPS) is 13.4. The molecule has 0 saturated carbocycles. The molecule has 0 bridgehead atoms. The highest BCUT2D eigenvalue weighted by Crippen LogP contribution is 2.21. The maximum absolute atomic E-state index is 12.8. The molecule has 0 aliphatic carbocycles. The summed E-state index contributed by atoms with van der Waals surface area (Å²) in [6.45, 7) is 0.256. The van der Waals surface area contributed by atoms with Crippen LogP contribution in [0.2, 0.25) is 0 Å². The fourth-order valence-electron chi connectivity index (χ4n) is 3.51. The largest absolute Gasteiger partial charge is 0.452 e. The van der Waals surface area contributed by atoms with Crippen molar-refractivity contribution in [1.29, 1.82) is 0 Å². The zero-order valence-corrected chi connectivity index (χ0v) is 17.8. The van der Waals surface area contributed by atoms with E-state index in [4.69, 9.17) is 4.74 Å². The molecule has 0 fully saturated rings. The first-order chi connectivity index (χ1) is 14.5. The maximum atomic E-state index is 12.8. The molecule has 0 saturated heterocycles. The number of ether oxygens (including phenoxy) is 1. The van der Waals surface area contributed by atoms with Gasteiger partial charge in [-0.15, -0.1) is 0 Å². The SMILES string of the molecule is O=C(COC(=O)c1ccc2c(=O)n3c(nc2c1)CCCCC3)Nc1ccccc1Br. The van der Waals surface area contributed by atoms with Gasteiger partial charge in [-0.05, 0) is 59.1 Å². The van der Waals surface area contributed by atoms with Crippen LogP contribution in [0.5, 0.6) is 0 Å². The number of carbonyl (C=O) groups is 2. The molecule has 154 valence electrons. The predicted molar refractivity (Wildman–Crippen MR) is 117 cm³/mol. The molecular formula is C22H20BrN3O4. The molecule has 4 rings (SSSR count). The van der Waals surface area contributed by atoms with Crippen molar-refractivity contribution in [3.63, 3.8) is 0 Å². The van der Waals surface area contributed by atoms with Crippen molar-refractivity contribution in [3.05, 3.63) is 68.7 Å². The van der Waals surface area contributed by atoms with E-state index in [2.05, 4.69) is 26.2 Å². The van der Waals surface area contributed by atoms with E-state index in [1.165, 1.54) is 6.07 Å². The van der Waals surface area contributed by atoms with Crippen LogP contribution in [0.3, 0.4) is 0 Å². The fourth-order valence-corrected chi connectivity index (χ4v) is 3.89. The van der Waals surface area contributed by atoms with Crippen LogP contribution in [0.25, 0.3) is 10.9 Å². The zero-order chi connectivity index (χ0) is 21.1. The number of nitrogens with one attached hydrogen (secondary N) is 1. The van der Waals surface area contributed by atoms with Crippen LogP contribution in [-0.2, 0) is 22.5 Å². The minimum Gasteiger partial charge on any atom is -0.452 e. The number of rotatable bonds is 4. The second-order valence-corrected chi connectivity index (χ2v) is 7.99. The molecule has 7 nitrogen and oxygen atoms in total. The molecule has 1 N–H and O–H groups in total. The molecular weight excluding hydrogens is 450 g/mol. The first-order valence-electron chi connectivity index (χ1n) is 9.78. The van der Waals surface area contributed by atoms with Crippen LogP contribution in [0.1, 0.15) is 35.4 Å². The van der Waals surface area contributed by atoms with Gasteiger partial charge in [0.2, 0.25) is 0 Å². The molecule has 3 aromatic rings. The Morgan fingerprint density at radius 1 is 1.13 bits per heavy atom. The average Bonchev–Trinajstić information content (AvgIpc) is 2.99. The van der Waals surface area contributed by atoms with Crippen molar-refractivity contribution in [2.45, 2.75) is 32.2 Å². The molecule has 0 radical (unpaired) electrons. The Labute approximate surface area is 181 Å². The molecule has 0 atom stereocenters. The smallest absolute Gasteiger partial charge is 0.338 e. The molecule has 2 aromatic carbocycles. The molecule has 8 heteroatoms. The molecule has 2 heterocycles. The summed E-state index contributed by atoms with van der Waals surface area (Å²) in [4.78, 5) is 41.9. The number of halogens is 1. The molecule has 0 unspecified atom stereocenters. The Hall–Kier alpha value is -3.00. The Morgan fingerprint density at radius 2 is 1.97 bits per heavy atom. The Balaban J connectivity index is 1.49. The van der Waals surface area contributed by atoms with E-state index in [1.807, 2.05) is 6.07 Å². The van der Waals surface area contributed by atoms with Gasteiger partial charge in [0.25, 0.3) is 11.5 Å². The summed E-state index contributed by atoms with van der Waals surface area (Å²) in [5.41, 5.74) is 1.24. The van der Waals surface area contributed by atoms with E-state index in [-0.39, 0.29) is 11.1 Å². The number of nitrogens with zero attached hydrogens (tertiary/aromatic N) is 2. The summed E-state index contributed by atoms with van der Waals surface area (Å²) in [6, 6.07) is 11.8. The topological polar surface area (TPSA) is 90.3 Å². The molecule has 30 heavy (non-hydrogen) atoms. The molecule has 1 amide bonds. The summed E-state index contributed by atoms with van der Waals surface area (Å²) in [7, 11) is 0. The van der Waals surface area contributed by atoms with Crippen molar-refractivity contribution >= 4 is 44.4 Å². The summed E-state index contributed by atoms with van der Waals surface area (Å²) in [5, 5.41) is 3.15. The van der Waals surface area contributed by atoms with Gasteiger partial charge in [0.1, 0.15) is 5.82 Å². The van der Waals surface area contributed by atoms with E-state index in [0.717, 1.165) is 36.0 Å². The number of fused-ring (bicyclic) bond motifs is 2. The van der Waals surface area contributed by atoms with Gasteiger partial charge in [0.15, 0.2) is 6.61 Å². The highest BCUT2D eigenvalue weighted by Gasteiger charge is 2.16. The van der Waals surface area contributed by atoms with Gasteiger partial charge in [-0.3, -0.25) is 14.2 Å². The lowest BCUT2D eigenvalue weighted by Gasteiger charge is -2.11. The number of carbonyl (C=O) groups excluding carboxylic acids is 2. The van der Waals surface area contributed by atoms with Crippen LogP contribution in [0.4, 0.5) is 5.69 Å². The lowest BCUT2D eigenvalue weighted by Crippen LogP contribution is -2.25. The van der Waals surface area contributed by atoms with Crippen molar-refractivity contribution < 1.29 is 14.3 Å². The molecule has 1 aliphatic heterocycles. The van der Waals surface area contributed by atoms with Crippen LogP contribution in [-0.4, -0.2) is 28.0 Å².